The zero-order chi connectivity index (χ0) is 13.4. The molecule has 18 heavy (non-hydrogen) atoms. The van der Waals surface area contributed by atoms with E-state index < -0.39 is 0 Å². The van der Waals surface area contributed by atoms with Crippen molar-refractivity contribution in [3.05, 3.63) is 29.8 Å². The summed E-state index contributed by atoms with van der Waals surface area (Å²) in [6, 6.07) is 8.07. The molecule has 1 rings (SSSR count). The lowest BCUT2D eigenvalue weighted by molar-refractivity contribution is -0.121. The van der Waals surface area contributed by atoms with Crippen molar-refractivity contribution in [2.45, 2.75) is 39.0 Å². The molecule has 1 aromatic carbocycles. The van der Waals surface area contributed by atoms with E-state index >= 15 is 0 Å². The normalized spacial score (nSPS) is 10.4. The van der Waals surface area contributed by atoms with Crippen molar-refractivity contribution in [1.82, 2.24) is 5.43 Å². The van der Waals surface area contributed by atoms with Crippen LogP contribution in [0, 0.1) is 0 Å². The Bertz CT molecular complexity index is 378. The smallest absolute Gasteiger partial charge is 0.233 e. The van der Waals surface area contributed by atoms with Crippen LogP contribution in [0.3, 0.4) is 0 Å². The number of nitrogens with two attached hydrogens (primary N) is 1. The van der Waals surface area contributed by atoms with Gasteiger partial charge >= 0.3 is 0 Å². The van der Waals surface area contributed by atoms with Crippen molar-refractivity contribution in [2.75, 3.05) is 6.61 Å². The second-order valence-corrected chi connectivity index (χ2v) is 4.57. The zero-order valence-electron chi connectivity index (χ0n) is 11.1. The van der Waals surface area contributed by atoms with Gasteiger partial charge in [-0.1, -0.05) is 32.0 Å². The van der Waals surface area contributed by atoms with Gasteiger partial charge in [0.1, 0.15) is 5.75 Å². The predicted octanol–water partition coefficient (Wildman–Crippen LogP) is 2.35. The van der Waals surface area contributed by atoms with Crippen LogP contribution < -0.4 is 16.0 Å². The molecule has 1 aromatic rings. The van der Waals surface area contributed by atoms with Gasteiger partial charge in [-0.15, -0.1) is 0 Å². The second kappa shape index (κ2) is 7.71. The molecule has 0 spiro atoms. The first kappa shape index (κ1) is 14.5. The first-order chi connectivity index (χ1) is 8.65. The van der Waals surface area contributed by atoms with E-state index in [1.54, 1.807) is 0 Å². The summed E-state index contributed by atoms with van der Waals surface area (Å²) < 4.78 is 5.75. The molecule has 100 valence electrons. The Hall–Kier alpha value is -1.55. The molecule has 4 heteroatoms. The number of unbranched alkanes of at least 4 members (excludes halogenated alkanes) is 1. The minimum Gasteiger partial charge on any atom is -0.493 e. The fraction of sp³-hybridized carbons (Fsp3) is 0.500. The van der Waals surface area contributed by atoms with Gasteiger partial charge in [0.05, 0.1) is 6.61 Å². The maximum absolute atomic E-state index is 10.9. The van der Waals surface area contributed by atoms with Crippen LogP contribution in [0.4, 0.5) is 0 Å². The standard InChI is InChI=1S/C14H22N2O2/c1-11(2)12-7-3-4-8-13(12)18-10-6-5-9-14(17)16-15/h3-4,7-8,11H,5-6,9-10,15H2,1-2H3,(H,16,17). The Morgan fingerprint density at radius 1 is 1.33 bits per heavy atom. The number of para-hydroxylation sites is 1. The van der Waals surface area contributed by atoms with Crippen LogP contribution >= 0.6 is 0 Å². The molecule has 0 aromatic heterocycles. The Labute approximate surface area is 108 Å². The summed E-state index contributed by atoms with van der Waals surface area (Å²) in [5.74, 6) is 6.26. The Morgan fingerprint density at radius 3 is 2.72 bits per heavy atom. The Balaban J connectivity index is 2.33. The lowest BCUT2D eigenvalue weighted by atomic mass is 10.0. The van der Waals surface area contributed by atoms with E-state index in [4.69, 9.17) is 10.6 Å². The lowest BCUT2D eigenvalue weighted by Crippen LogP contribution is -2.29. The number of rotatable bonds is 7. The van der Waals surface area contributed by atoms with Gasteiger partial charge in [0.25, 0.3) is 0 Å². The SMILES string of the molecule is CC(C)c1ccccc1OCCCCC(=O)NN. The first-order valence-corrected chi connectivity index (χ1v) is 6.36. The number of carbonyl (C=O) groups is 1. The van der Waals surface area contributed by atoms with E-state index in [1.165, 1.54) is 5.56 Å². The van der Waals surface area contributed by atoms with E-state index in [9.17, 15) is 4.79 Å². The van der Waals surface area contributed by atoms with Gasteiger partial charge < -0.3 is 4.74 Å². The van der Waals surface area contributed by atoms with Crippen molar-refractivity contribution >= 4 is 5.91 Å². The Morgan fingerprint density at radius 2 is 2.06 bits per heavy atom. The molecular weight excluding hydrogens is 228 g/mol. The fourth-order valence-electron chi connectivity index (χ4n) is 1.73. The summed E-state index contributed by atoms with van der Waals surface area (Å²) in [6.07, 6.45) is 2.08. The van der Waals surface area contributed by atoms with E-state index in [1.807, 2.05) is 18.2 Å². The zero-order valence-corrected chi connectivity index (χ0v) is 11.1. The van der Waals surface area contributed by atoms with Crippen LogP contribution in [-0.2, 0) is 4.79 Å². The summed E-state index contributed by atoms with van der Waals surface area (Å²) in [5.41, 5.74) is 3.34. The first-order valence-electron chi connectivity index (χ1n) is 6.36. The molecular formula is C14H22N2O2. The van der Waals surface area contributed by atoms with Crippen molar-refractivity contribution in [1.29, 1.82) is 0 Å². The quantitative estimate of drug-likeness (QED) is 0.338. The van der Waals surface area contributed by atoms with Crippen LogP contribution in [0.5, 0.6) is 5.75 Å². The summed E-state index contributed by atoms with van der Waals surface area (Å²) in [5, 5.41) is 0. The molecule has 0 fully saturated rings. The largest absolute Gasteiger partial charge is 0.493 e. The molecule has 0 aliphatic carbocycles. The molecule has 0 radical (unpaired) electrons. The number of nitrogens with one attached hydrogen (secondary N) is 1. The van der Waals surface area contributed by atoms with Gasteiger partial charge in [-0.2, -0.15) is 0 Å². The maximum atomic E-state index is 10.9. The lowest BCUT2D eigenvalue weighted by Gasteiger charge is -2.13. The molecule has 0 saturated carbocycles. The summed E-state index contributed by atoms with van der Waals surface area (Å²) in [6.45, 7) is 4.92. The number of hydrogen-bond donors (Lipinski definition) is 2. The number of amides is 1. The van der Waals surface area contributed by atoms with Gasteiger partial charge in [-0.3, -0.25) is 10.2 Å². The highest BCUT2D eigenvalue weighted by Crippen LogP contribution is 2.25. The molecule has 1 amide bonds. The molecule has 0 aliphatic heterocycles. The Kier molecular flexibility index (Phi) is 6.22. The number of hydrogen-bond acceptors (Lipinski definition) is 3. The maximum Gasteiger partial charge on any atom is 0.233 e. The predicted molar refractivity (Wildman–Crippen MR) is 72.2 cm³/mol. The highest BCUT2D eigenvalue weighted by Gasteiger charge is 2.06. The third kappa shape index (κ3) is 4.75. The molecule has 3 N–H and O–H groups in total. The van der Waals surface area contributed by atoms with Gasteiger partial charge in [0.15, 0.2) is 0 Å². The van der Waals surface area contributed by atoms with Crippen LogP contribution in [0.15, 0.2) is 24.3 Å². The minimum atomic E-state index is -0.127. The summed E-state index contributed by atoms with van der Waals surface area (Å²) in [4.78, 5) is 10.9. The minimum absolute atomic E-state index is 0.127. The van der Waals surface area contributed by atoms with Gasteiger partial charge in [0.2, 0.25) is 5.91 Å². The van der Waals surface area contributed by atoms with Crippen molar-refractivity contribution in [3.63, 3.8) is 0 Å². The number of carbonyl (C=O) groups excluding carboxylic acids is 1. The third-order valence-electron chi connectivity index (χ3n) is 2.76. The number of hydrazine groups is 1. The molecule has 0 aliphatic rings. The molecule has 4 nitrogen and oxygen atoms in total. The van der Waals surface area contributed by atoms with E-state index in [0.29, 0.717) is 18.9 Å². The van der Waals surface area contributed by atoms with Gasteiger partial charge in [-0.25, -0.2) is 5.84 Å². The summed E-state index contributed by atoms with van der Waals surface area (Å²) in [7, 11) is 0. The van der Waals surface area contributed by atoms with E-state index in [-0.39, 0.29) is 5.91 Å². The highest BCUT2D eigenvalue weighted by atomic mass is 16.5. The van der Waals surface area contributed by atoms with E-state index in [0.717, 1.165) is 18.6 Å². The van der Waals surface area contributed by atoms with Gasteiger partial charge in [0, 0.05) is 6.42 Å². The molecule has 0 heterocycles. The topological polar surface area (TPSA) is 64.3 Å². The van der Waals surface area contributed by atoms with Crippen LogP contribution in [0.25, 0.3) is 0 Å². The van der Waals surface area contributed by atoms with Gasteiger partial charge in [-0.05, 0) is 30.4 Å². The van der Waals surface area contributed by atoms with Crippen LogP contribution in [-0.4, -0.2) is 12.5 Å². The third-order valence-corrected chi connectivity index (χ3v) is 2.76. The second-order valence-electron chi connectivity index (χ2n) is 4.57. The average Bonchev–Trinajstić information content (AvgIpc) is 2.38. The average molecular weight is 250 g/mol. The monoisotopic (exact) mass is 250 g/mol. The number of benzene rings is 1. The van der Waals surface area contributed by atoms with Crippen molar-refractivity contribution in [2.24, 2.45) is 5.84 Å². The number of ether oxygens (including phenoxy) is 1. The van der Waals surface area contributed by atoms with Crippen molar-refractivity contribution < 1.29 is 9.53 Å². The highest BCUT2D eigenvalue weighted by molar-refractivity contribution is 5.75. The van der Waals surface area contributed by atoms with Crippen LogP contribution in [0.2, 0.25) is 0 Å². The summed E-state index contributed by atoms with van der Waals surface area (Å²) >= 11 is 0. The fourth-order valence-corrected chi connectivity index (χ4v) is 1.73. The molecule has 0 bridgehead atoms. The van der Waals surface area contributed by atoms with E-state index in [2.05, 4.69) is 25.3 Å². The molecule has 0 atom stereocenters. The van der Waals surface area contributed by atoms with Crippen LogP contribution in [0.1, 0.15) is 44.6 Å². The molecule has 0 unspecified atom stereocenters. The molecule has 0 saturated heterocycles. The van der Waals surface area contributed by atoms with Crippen molar-refractivity contribution in [3.8, 4) is 5.75 Å².